The van der Waals surface area contributed by atoms with Crippen LogP contribution in [-0.2, 0) is 22.6 Å². The van der Waals surface area contributed by atoms with E-state index in [1.807, 2.05) is 11.5 Å². The van der Waals surface area contributed by atoms with Gasteiger partial charge in [-0.3, -0.25) is 9.59 Å². The van der Waals surface area contributed by atoms with E-state index in [2.05, 4.69) is 20.8 Å². The van der Waals surface area contributed by atoms with Gasteiger partial charge in [-0.1, -0.05) is 35.5 Å². The predicted octanol–water partition coefficient (Wildman–Crippen LogP) is 3.87. The molecule has 10 heteroatoms. The number of nitrogens with zero attached hydrogens (tertiary/aromatic N) is 3. The summed E-state index contributed by atoms with van der Waals surface area (Å²) in [5.74, 6) is 0.937. The second-order valence-corrected chi connectivity index (χ2v) is 7.83. The van der Waals surface area contributed by atoms with E-state index in [0.717, 1.165) is 0 Å². The van der Waals surface area contributed by atoms with E-state index < -0.39 is 0 Å². The Hall–Kier alpha value is -3.04. The topological polar surface area (TPSA) is 98.1 Å². The number of ether oxygens (including phenoxy) is 1. The zero-order valence-corrected chi connectivity index (χ0v) is 18.7. The van der Waals surface area contributed by atoms with Crippen molar-refractivity contribution in [2.24, 2.45) is 0 Å². The molecule has 3 rings (SSSR count). The number of nitrogens with one attached hydrogen (secondary N) is 2. The highest BCUT2D eigenvalue weighted by atomic mass is 35.5. The minimum atomic E-state index is -0.217. The monoisotopic (exact) mass is 459 g/mol. The molecule has 0 bridgehead atoms. The van der Waals surface area contributed by atoms with E-state index >= 15 is 0 Å². The SMILES string of the molecule is CCn1c(CC(=O)Nc2cccc(OC)c2)nnc1SCC(=O)Nc1cccc(Cl)c1. The van der Waals surface area contributed by atoms with Gasteiger partial charge in [0, 0.05) is 29.0 Å². The molecule has 0 aliphatic carbocycles. The first-order valence-corrected chi connectivity index (χ1v) is 10.9. The first kappa shape index (κ1) is 22.6. The van der Waals surface area contributed by atoms with Crippen molar-refractivity contribution < 1.29 is 14.3 Å². The summed E-state index contributed by atoms with van der Waals surface area (Å²) in [5, 5.41) is 15.0. The van der Waals surface area contributed by atoms with Crippen LogP contribution in [-0.4, -0.2) is 39.4 Å². The van der Waals surface area contributed by atoms with E-state index in [1.54, 1.807) is 55.6 Å². The summed E-state index contributed by atoms with van der Waals surface area (Å²) in [6, 6.07) is 14.1. The molecule has 0 saturated heterocycles. The van der Waals surface area contributed by atoms with Crippen LogP contribution in [0.3, 0.4) is 0 Å². The van der Waals surface area contributed by atoms with E-state index in [9.17, 15) is 9.59 Å². The van der Waals surface area contributed by atoms with Crippen LogP contribution < -0.4 is 15.4 Å². The van der Waals surface area contributed by atoms with Crippen LogP contribution in [0.4, 0.5) is 11.4 Å². The molecule has 2 aromatic carbocycles. The Kier molecular flexibility index (Phi) is 7.91. The van der Waals surface area contributed by atoms with Gasteiger partial charge in [-0.2, -0.15) is 0 Å². The van der Waals surface area contributed by atoms with Gasteiger partial charge >= 0.3 is 0 Å². The lowest BCUT2D eigenvalue weighted by Gasteiger charge is -2.09. The lowest BCUT2D eigenvalue weighted by Crippen LogP contribution is -2.18. The van der Waals surface area contributed by atoms with Crippen LogP contribution in [0.15, 0.2) is 53.7 Å². The lowest BCUT2D eigenvalue weighted by atomic mass is 10.3. The molecule has 0 aliphatic rings. The van der Waals surface area contributed by atoms with Crippen molar-refractivity contribution >= 4 is 46.6 Å². The summed E-state index contributed by atoms with van der Waals surface area (Å²) in [4.78, 5) is 24.7. The molecular formula is C21H22ClN5O3S. The molecule has 8 nitrogen and oxygen atoms in total. The zero-order chi connectivity index (χ0) is 22.2. The molecule has 0 spiro atoms. The van der Waals surface area contributed by atoms with Gasteiger partial charge in [-0.25, -0.2) is 0 Å². The number of carbonyl (C=O) groups excluding carboxylic acids is 2. The number of anilines is 2. The molecule has 3 aromatic rings. The van der Waals surface area contributed by atoms with Crippen molar-refractivity contribution in [3.63, 3.8) is 0 Å². The van der Waals surface area contributed by atoms with Gasteiger partial charge in [-0.05, 0) is 37.3 Å². The number of benzene rings is 2. The number of thioether (sulfide) groups is 1. The van der Waals surface area contributed by atoms with Gasteiger partial charge in [-0.15, -0.1) is 10.2 Å². The average Bonchev–Trinajstić information content (AvgIpc) is 3.13. The Morgan fingerprint density at radius 3 is 2.48 bits per heavy atom. The van der Waals surface area contributed by atoms with Gasteiger partial charge in [0.2, 0.25) is 11.8 Å². The third-order valence-corrected chi connectivity index (χ3v) is 5.42. The molecule has 162 valence electrons. The Labute approximate surface area is 189 Å². The van der Waals surface area contributed by atoms with Crippen molar-refractivity contribution in [3.8, 4) is 5.75 Å². The molecule has 1 heterocycles. The number of rotatable bonds is 9. The van der Waals surface area contributed by atoms with Crippen LogP contribution in [0.1, 0.15) is 12.7 Å². The number of methoxy groups -OCH3 is 1. The molecule has 2 amide bonds. The quantitative estimate of drug-likeness (QED) is 0.471. The van der Waals surface area contributed by atoms with Crippen LogP contribution in [0.25, 0.3) is 0 Å². The van der Waals surface area contributed by atoms with Crippen molar-refractivity contribution in [1.29, 1.82) is 0 Å². The maximum atomic E-state index is 12.4. The lowest BCUT2D eigenvalue weighted by molar-refractivity contribution is -0.116. The summed E-state index contributed by atoms with van der Waals surface area (Å²) >= 11 is 7.19. The number of carbonyl (C=O) groups is 2. The van der Waals surface area contributed by atoms with Crippen LogP contribution in [0.5, 0.6) is 5.75 Å². The highest BCUT2D eigenvalue weighted by Gasteiger charge is 2.16. The summed E-state index contributed by atoms with van der Waals surface area (Å²) in [5.41, 5.74) is 1.27. The number of aromatic nitrogens is 3. The first-order chi connectivity index (χ1) is 15.0. The number of halogens is 1. The number of hydrogen-bond donors (Lipinski definition) is 2. The molecule has 0 saturated carbocycles. The molecule has 0 radical (unpaired) electrons. The summed E-state index contributed by atoms with van der Waals surface area (Å²) in [6.45, 7) is 2.51. The second-order valence-electron chi connectivity index (χ2n) is 6.45. The highest BCUT2D eigenvalue weighted by molar-refractivity contribution is 7.99. The summed E-state index contributed by atoms with van der Waals surface area (Å²) in [7, 11) is 1.57. The summed E-state index contributed by atoms with van der Waals surface area (Å²) in [6.07, 6.45) is 0.0628. The first-order valence-electron chi connectivity index (χ1n) is 9.52. The molecule has 2 N–H and O–H groups in total. The average molecular weight is 460 g/mol. The second kappa shape index (κ2) is 10.8. The van der Waals surface area contributed by atoms with Crippen molar-refractivity contribution in [2.45, 2.75) is 25.0 Å². The zero-order valence-electron chi connectivity index (χ0n) is 17.1. The van der Waals surface area contributed by atoms with Crippen molar-refractivity contribution in [3.05, 3.63) is 59.4 Å². The normalized spacial score (nSPS) is 10.5. The van der Waals surface area contributed by atoms with Gasteiger partial charge in [0.05, 0.1) is 19.3 Å². The fourth-order valence-corrected chi connectivity index (χ4v) is 3.83. The molecule has 0 aliphatic heterocycles. The standard InChI is InChI=1S/C21H22ClN5O3S/c1-3-27-18(12-19(28)23-16-8-5-9-17(11-16)30-2)25-26-21(27)31-13-20(29)24-15-7-4-6-14(22)10-15/h4-11H,3,12-13H2,1-2H3,(H,23,28)(H,24,29). The van der Waals surface area contributed by atoms with E-state index in [0.29, 0.717) is 39.7 Å². The molecule has 31 heavy (non-hydrogen) atoms. The Morgan fingerprint density at radius 2 is 1.77 bits per heavy atom. The highest BCUT2D eigenvalue weighted by Crippen LogP contribution is 2.20. The smallest absolute Gasteiger partial charge is 0.234 e. The van der Waals surface area contributed by atoms with E-state index in [4.69, 9.17) is 16.3 Å². The van der Waals surface area contributed by atoms with Crippen LogP contribution >= 0.6 is 23.4 Å². The molecule has 0 atom stereocenters. The Bertz CT molecular complexity index is 1070. The van der Waals surface area contributed by atoms with E-state index in [-0.39, 0.29) is 24.0 Å². The molecule has 1 aromatic heterocycles. The van der Waals surface area contributed by atoms with Crippen molar-refractivity contribution in [1.82, 2.24) is 14.8 Å². The molecule has 0 unspecified atom stereocenters. The summed E-state index contributed by atoms with van der Waals surface area (Å²) < 4.78 is 6.99. The number of amides is 2. The minimum absolute atomic E-state index is 0.0628. The molecule has 0 fully saturated rings. The maximum Gasteiger partial charge on any atom is 0.234 e. The maximum absolute atomic E-state index is 12.4. The van der Waals surface area contributed by atoms with Gasteiger partial charge in [0.1, 0.15) is 11.6 Å². The Morgan fingerprint density at radius 1 is 1.06 bits per heavy atom. The third-order valence-electron chi connectivity index (χ3n) is 4.22. The van der Waals surface area contributed by atoms with E-state index in [1.165, 1.54) is 11.8 Å². The molecular weight excluding hydrogens is 438 g/mol. The van der Waals surface area contributed by atoms with Crippen LogP contribution in [0, 0.1) is 0 Å². The largest absolute Gasteiger partial charge is 0.497 e. The fraction of sp³-hybridized carbons (Fsp3) is 0.238. The van der Waals surface area contributed by atoms with Gasteiger partial charge < -0.3 is 19.9 Å². The third kappa shape index (κ3) is 6.47. The van der Waals surface area contributed by atoms with Gasteiger partial charge in [0.25, 0.3) is 0 Å². The number of hydrogen-bond acceptors (Lipinski definition) is 6. The minimum Gasteiger partial charge on any atom is -0.497 e. The van der Waals surface area contributed by atoms with Crippen LogP contribution in [0.2, 0.25) is 5.02 Å². The van der Waals surface area contributed by atoms with Crippen molar-refractivity contribution in [2.75, 3.05) is 23.5 Å². The predicted molar refractivity (Wildman–Crippen MR) is 122 cm³/mol. The Balaban J connectivity index is 1.58. The fourth-order valence-electron chi connectivity index (χ4n) is 2.82. The van der Waals surface area contributed by atoms with Gasteiger partial charge in [0.15, 0.2) is 5.16 Å².